The van der Waals surface area contributed by atoms with Crippen molar-refractivity contribution in [2.24, 2.45) is 0 Å². The van der Waals surface area contributed by atoms with Gasteiger partial charge in [-0.25, -0.2) is 9.48 Å². The maximum absolute atomic E-state index is 13.0. The van der Waals surface area contributed by atoms with Crippen molar-refractivity contribution in [2.75, 3.05) is 18.4 Å². The Hall–Kier alpha value is -2.62. The summed E-state index contributed by atoms with van der Waals surface area (Å²) >= 11 is 0. The number of rotatable bonds is 3. The van der Waals surface area contributed by atoms with Crippen LogP contribution in [0.25, 0.3) is 0 Å². The molecule has 2 amide bonds. The highest BCUT2D eigenvalue weighted by atomic mass is 19.4. The predicted octanol–water partition coefficient (Wildman–Crippen LogP) is 2.90. The maximum atomic E-state index is 13.0. The van der Waals surface area contributed by atoms with Gasteiger partial charge in [0.05, 0.1) is 31.4 Å². The highest BCUT2D eigenvalue weighted by Crippen LogP contribution is 2.31. The van der Waals surface area contributed by atoms with E-state index in [9.17, 15) is 18.0 Å². The van der Waals surface area contributed by atoms with Crippen molar-refractivity contribution in [3.63, 3.8) is 0 Å². The number of carbonyl (C=O) groups is 1. The van der Waals surface area contributed by atoms with Crippen LogP contribution in [-0.2, 0) is 11.3 Å². The van der Waals surface area contributed by atoms with Gasteiger partial charge < -0.3 is 9.64 Å². The third kappa shape index (κ3) is 4.97. The summed E-state index contributed by atoms with van der Waals surface area (Å²) in [5.41, 5.74) is -0.107. The Morgan fingerprint density at radius 1 is 1.33 bits per heavy atom. The smallest absolute Gasteiger partial charge is 0.359 e. The summed E-state index contributed by atoms with van der Waals surface area (Å²) in [4.78, 5) is 13.5. The Labute approximate surface area is 154 Å². The number of urea groups is 1. The first-order valence-corrected chi connectivity index (χ1v) is 8.37. The minimum absolute atomic E-state index is 0.0313. The second-order valence-electron chi connectivity index (χ2n) is 7.01. The standard InChI is InChI=1S/C17H20F3N5O2/c1-16(2)11-24(9-13(27-16)17(18,19)20)15(26)21-14-10-25(23-22-14)8-12-6-4-3-5-7-12/h3-7,10,13H,8-9,11H2,1-2H3,(H,21,26). The van der Waals surface area contributed by atoms with Crippen LogP contribution in [0, 0.1) is 0 Å². The predicted molar refractivity (Wildman–Crippen MR) is 91.2 cm³/mol. The Kier molecular flexibility index (Phi) is 5.09. The number of alkyl halides is 3. The lowest BCUT2D eigenvalue weighted by atomic mass is 10.1. The molecular weight excluding hydrogens is 363 g/mol. The van der Waals surface area contributed by atoms with E-state index in [-0.39, 0.29) is 12.4 Å². The van der Waals surface area contributed by atoms with E-state index in [1.807, 2.05) is 30.3 Å². The summed E-state index contributed by atoms with van der Waals surface area (Å²) in [7, 11) is 0. The molecule has 0 bridgehead atoms. The van der Waals surface area contributed by atoms with Crippen LogP contribution < -0.4 is 5.32 Å². The Morgan fingerprint density at radius 2 is 2.04 bits per heavy atom. The van der Waals surface area contributed by atoms with Gasteiger partial charge in [-0.1, -0.05) is 35.5 Å². The summed E-state index contributed by atoms with van der Waals surface area (Å²) < 4.78 is 45.7. The van der Waals surface area contributed by atoms with Gasteiger partial charge in [0.2, 0.25) is 0 Å². The Bertz CT molecular complexity index is 791. The average molecular weight is 383 g/mol. The summed E-state index contributed by atoms with van der Waals surface area (Å²) in [6.45, 7) is 2.95. The van der Waals surface area contributed by atoms with Gasteiger partial charge in [0.25, 0.3) is 0 Å². The van der Waals surface area contributed by atoms with Gasteiger partial charge in [0.15, 0.2) is 11.9 Å². The van der Waals surface area contributed by atoms with Crippen LogP contribution in [0.3, 0.4) is 0 Å². The molecule has 7 nitrogen and oxygen atoms in total. The molecule has 1 aromatic heterocycles. The molecule has 1 fully saturated rings. The topological polar surface area (TPSA) is 72.3 Å². The molecule has 1 atom stereocenters. The van der Waals surface area contributed by atoms with Crippen LogP contribution in [-0.4, -0.2) is 56.9 Å². The Morgan fingerprint density at radius 3 is 2.70 bits per heavy atom. The number of amides is 2. The first-order valence-electron chi connectivity index (χ1n) is 8.37. The molecule has 0 aliphatic carbocycles. The number of nitrogens with zero attached hydrogens (tertiary/aromatic N) is 4. The van der Waals surface area contributed by atoms with Crippen LogP contribution in [0.4, 0.5) is 23.8 Å². The fourth-order valence-electron chi connectivity index (χ4n) is 2.90. The molecule has 0 spiro atoms. The van der Waals surface area contributed by atoms with Crippen molar-refractivity contribution in [1.82, 2.24) is 19.9 Å². The monoisotopic (exact) mass is 383 g/mol. The van der Waals surface area contributed by atoms with Crippen molar-refractivity contribution >= 4 is 11.8 Å². The van der Waals surface area contributed by atoms with E-state index in [0.29, 0.717) is 6.54 Å². The molecule has 2 heterocycles. The molecule has 10 heteroatoms. The van der Waals surface area contributed by atoms with Gasteiger partial charge in [0, 0.05) is 0 Å². The van der Waals surface area contributed by atoms with Gasteiger partial charge in [-0.15, -0.1) is 5.10 Å². The van der Waals surface area contributed by atoms with Crippen LogP contribution in [0.5, 0.6) is 0 Å². The highest BCUT2D eigenvalue weighted by molar-refractivity contribution is 5.88. The first kappa shape index (κ1) is 19.2. The van der Waals surface area contributed by atoms with Gasteiger partial charge in [-0.2, -0.15) is 13.2 Å². The first-order chi connectivity index (χ1) is 12.6. The van der Waals surface area contributed by atoms with Gasteiger partial charge >= 0.3 is 12.2 Å². The van der Waals surface area contributed by atoms with Crippen LogP contribution in [0.1, 0.15) is 19.4 Å². The summed E-state index contributed by atoms with van der Waals surface area (Å²) in [6.07, 6.45) is -5.05. The molecule has 1 saturated heterocycles. The number of carbonyl (C=O) groups excluding carboxylic acids is 1. The molecule has 1 aliphatic heterocycles. The van der Waals surface area contributed by atoms with E-state index in [1.54, 1.807) is 0 Å². The summed E-state index contributed by atoms with van der Waals surface area (Å²) in [5.74, 6) is 0.170. The molecular formula is C17H20F3N5O2. The molecule has 3 rings (SSSR count). The van der Waals surface area contributed by atoms with Crippen molar-refractivity contribution in [3.05, 3.63) is 42.1 Å². The third-order valence-corrected chi connectivity index (χ3v) is 4.03. The minimum atomic E-state index is -4.55. The SMILES string of the molecule is CC1(C)CN(C(=O)Nc2cn(Cc3ccccc3)nn2)CC(C(F)(F)F)O1. The number of ether oxygens (including phenoxy) is 1. The van der Waals surface area contributed by atoms with Crippen molar-refractivity contribution in [3.8, 4) is 0 Å². The number of morpholine rings is 1. The van der Waals surface area contributed by atoms with E-state index in [4.69, 9.17) is 4.74 Å². The average Bonchev–Trinajstić information content (AvgIpc) is 3.00. The third-order valence-electron chi connectivity index (χ3n) is 4.03. The zero-order chi connectivity index (χ0) is 19.7. The van der Waals surface area contributed by atoms with Gasteiger partial charge in [0.1, 0.15) is 0 Å². The van der Waals surface area contributed by atoms with Crippen molar-refractivity contribution in [2.45, 2.75) is 38.3 Å². The number of hydrogen-bond donors (Lipinski definition) is 1. The molecule has 0 radical (unpaired) electrons. The number of nitrogens with one attached hydrogen (secondary N) is 1. The second kappa shape index (κ2) is 7.18. The maximum Gasteiger partial charge on any atom is 0.416 e. The van der Waals surface area contributed by atoms with Crippen LogP contribution in [0.15, 0.2) is 36.5 Å². The Balaban J connectivity index is 1.64. The minimum Gasteiger partial charge on any atom is -0.359 e. The van der Waals surface area contributed by atoms with Crippen molar-refractivity contribution < 1.29 is 22.7 Å². The quantitative estimate of drug-likeness (QED) is 0.885. The fourth-order valence-corrected chi connectivity index (χ4v) is 2.90. The summed E-state index contributed by atoms with van der Waals surface area (Å²) in [6, 6.07) is 8.86. The molecule has 27 heavy (non-hydrogen) atoms. The lowest BCUT2D eigenvalue weighted by Gasteiger charge is -2.42. The zero-order valence-corrected chi connectivity index (χ0v) is 14.9. The van der Waals surface area contributed by atoms with Gasteiger partial charge in [-0.3, -0.25) is 5.32 Å². The van der Waals surface area contributed by atoms with Crippen molar-refractivity contribution in [1.29, 1.82) is 0 Å². The normalized spacial score (nSPS) is 19.7. The van der Waals surface area contributed by atoms with E-state index in [0.717, 1.165) is 10.5 Å². The van der Waals surface area contributed by atoms with E-state index in [1.165, 1.54) is 24.7 Å². The fraction of sp³-hybridized carbons (Fsp3) is 0.471. The number of aromatic nitrogens is 3. The number of halogens is 3. The lowest BCUT2D eigenvalue weighted by Crippen LogP contribution is -2.59. The molecule has 1 aromatic carbocycles. The largest absolute Gasteiger partial charge is 0.416 e. The number of benzene rings is 1. The van der Waals surface area contributed by atoms with Crippen LogP contribution >= 0.6 is 0 Å². The molecule has 146 valence electrons. The molecule has 1 aliphatic rings. The second-order valence-corrected chi connectivity index (χ2v) is 7.01. The molecule has 1 N–H and O–H groups in total. The molecule has 0 saturated carbocycles. The van der Waals surface area contributed by atoms with Crippen LogP contribution in [0.2, 0.25) is 0 Å². The number of anilines is 1. The van der Waals surface area contributed by atoms with E-state index >= 15 is 0 Å². The summed E-state index contributed by atoms with van der Waals surface area (Å²) in [5, 5.41) is 10.3. The highest BCUT2D eigenvalue weighted by Gasteiger charge is 2.49. The molecule has 1 unspecified atom stereocenters. The van der Waals surface area contributed by atoms with Gasteiger partial charge in [-0.05, 0) is 19.4 Å². The lowest BCUT2D eigenvalue weighted by molar-refractivity contribution is -0.267. The zero-order valence-electron chi connectivity index (χ0n) is 14.9. The van der Waals surface area contributed by atoms with E-state index in [2.05, 4.69) is 15.6 Å². The number of hydrogen-bond acceptors (Lipinski definition) is 4. The van der Waals surface area contributed by atoms with E-state index < -0.39 is 30.5 Å². The molecule has 2 aromatic rings.